The summed E-state index contributed by atoms with van der Waals surface area (Å²) in [5.74, 6) is -0.809. The number of fused-ring (bicyclic) bond motifs is 1. The number of carbonyl (C=O) groups excluding carboxylic acids is 1. The summed E-state index contributed by atoms with van der Waals surface area (Å²) in [4.78, 5) is 14.7. The van der Waals surface area contributed by atoms with Gasteiger partial charge in [-0.3, -0.25) is 4.79 Å². The third-order valence-electron chi connectivity index (χ3n) is 4.61. The van der Waals surface area contributed by atoms with Crippen molar-refractivity contribution in [1.29, 1.82) is 0 Å². The summed E-state index contributed by atoms with van der Waals surface area (Å²) in [6.45, 7) is 1.56. The van der Waals surface area contributed by atoms with E-state index in [1.165, 1.54) is 38.4 Å². The Labute approximate surface area is 159 Å². The van der Waals surface area contributed by atoms with Gasteiger partial charge >= 0.3 is 10.2 Å². The zero-order valence-corrected chi connectivity index (χ0v) is 16.3. The molecule has 2 aromatic rings. The predicted molar refractivity (Wildman–Crippen MR) is 103 cm³/mol. The largest absolute Gasteiger partial charge is 0.307 e. The third kappa shape index (κ3) is 3.68. The number of rotatable bonds is 5. The Morgan fingerprint density at radius 1 is 1.15 bits per heavy atom. The van der Waals surface area contributed by atoms with Crippen LogP contribution in [-0.2, 0) is 21.4 Å². The van der Waals surface area contributed by atoms with Gasteiger partial charge in [0.15, 0.2) is 0 Å². The molecule has 0 fully saturated rings. The highest BCUT2D eigenvalue weighted by molar-refractivity contribution is 7.90. The minimum Gasteiger partial charge on any atom is -0.307 e. The molecule has 0 N–H and O–H groups in total. The first-order chi connectivity index (χ1) is 12.7. The van der Waals surface area contributed by atoms with Gasteiger partial charge in [0.2, 0.25) is 5.91 Å². The van der Waals surface area contributed by atoms with Gasteiger partial charge in [-0.05, 0) is 49.2 Å². The Morgan fingerprint density at radius 2 is 1.78 bits per heavy atom. The molecular weight excluding hydrogens is 369 g/mol. The van der Waals surface area contributed by atoms with E-state index in [1.54, 1.807) is 4.90 Å². The predicted octanol–water partition coefficient (Wildman–Crippen LogP) is 2.42. The average molecular weight is 391 g/mol. The quantitative estimate of drug-likeness (QED) is 0.786. The Morgan fingerprint density at radius 3 is 2.41 bits per heavy atom. The monoisotopic (exact) mass is 391 g/mol. The molecule has 8 heteroatoms. The molecule has 1 aliphatic rings. The minimum absolute atomic E-state index is 0.0629. The minimum atomic E-state index is -3.93. The summed E-state index contributed by atoms with van der Waals surface area (Å²) in [7, 11) is -1.14. The molecule has 1 atom stereocenters. The maximum Gasteiger partial charge on any atom is 0.304 e. The van der Waals surface area contributed by atoms with Crippen LogP contribution >= 0.6 is 0 Å². The summed E-state index contributed by atoms with van der Waals surface area (Å²) >= 11 is 0. The smallest absolute Gasteiger partial charge is 0.304 e. The number of para-hydroxylation sites is 1. The highest BCUT2D eigenvalue weighted by Gasteiger charge is 2.34. The number of anilines is 2. The van der Waals surface area contributed by atoms with E-state index < -0.39 is 16.0 Å². The number of hydrogen-bond acceptors (Lipinski definition) is 3. The molecule has 0 saturated carbocycles. The van der Waals surface area contributed by atoms with Crippen molar-refractivity contribution in [1.82, 2.24) is 4.31 Å². The lowest BCUT2D eigenvalue weighted by Crippen LogP contribution is -2.48. The fourth-order valence-corrected chi connectivity index (χ4v) is 4.31. The molecule has 0 spiro atoms. The van der Waals surface area contributed by atoms with Gasteiger partial charge in [0.25, 0.3) is 0 Å². The molecule has 0 radical (unpaired) electrons. The molecule has 0 unspecified atom stereocenters. The third-order valence-corrected chi connectivity index (χ3v) is 6.43. The zero-order chi connectivity index (χ0) is 19.8. The van der Waals surface area contributed by atoms with Crippen LogP contribution in [0.15, 0.2) is 48.5 Å². The van der Waals surface area contributed by atoms with Crippen LogP contribution < -0.4 is 9.21 Å². The van der Waals surface area contributed by atoms with Gasteiger partial charge < -0.3 is 4.90 Å². The van der Waals surface area contributed by atoms with Crippen LogP contribution in [0.25, 0.3) is 0 Å². The van der Waals surface area contributed by atoms with E-state index in [-0.39, 0.29) is 24.2 Å². The van der Waals surface area contributed by atoms with Gasteiger partial charge in [-0.1, -0.05) is 18.2 Å². The van der Waals surface area contributed by atoms with Gasteiger partial charge in [-0.25, -0.2) is 8.70 Å². The van der Waals surface area contributed by atoms with E-state index in [1.807, 2.05) is 31.2 Å². The van der Waals surface area contributed by atoms with E-state index in [0.29, 0.717) is 0 Å². The lowest BCUT2D eigenvalue weighted by Gasteiger charge is -2.30. The molecule has 1 amide bonds. The van der Waals surface area contributed by atoms with Crippen LogP contribution in [0.1, 0.15) is 12.5 Å². The lowest BCUT2D eigenvalue weighted by molar-refractivity contribution is -0.117. The van der Waals surface area contributed by atoms with Crippen molar-refractivity contribution in [3.63, 3.8) is 0 Å². The first kappa shape index (κ1) is 19.3. The maximum atomic E-state index is 13.3. The van der Waals surface area contributed by atoms with Crippen LogP contribution in [0.3, 0.4) is 0 Å². The number of hydrogen-bond donors (Lipinski definition) is 0. The van der Waals surface area contributed by atoms with Crippen LogP contribution in [-0.4, -0.2) is 45.3 Å². The Bertz CT molecular complexity index is 945. The second-order valence-electron chi connectivity index (χ2n) is 6.72. The average Bonchev–Trinajstić information content (AvgIpc) is 2.96. The van der Waals surface area contributed by atoms with Crippen molar-refractivity contribution in [3.05, 3.63) is 59.9 Å². The molecule has 0 aromatic heterocycles. The van der Waals surface area contributed by atoms with Gasteiger partial charge in [-0.2, -0.15) is 12.7 Å². The Hall–Kier alpha value is -2.45. The summed E-state index contributed by atoms with van der Waals surface area (Å²) in [5.41, 5.74) is 2.09. The lowest BCUT2D eigenvalue weighted by atomic mass is 10.1. The molecule has 0 bridgehead atoms. The summed E-state index contributed by atoms with van der Waals surface area (Å²) < 4.78 is 40.9. The molecule has 0 aliphatic carbocycles. The fourth-order valence-electron chi connectivity index (χ4n) is 3.26. The molecule has 27 heavy (non-hydrogen) atoms. The van der Waals surface area contributed by atoms with Crippen LogP contribution in [0.2, 0.25) is 0 Å². The van der Waals surface area contributed by atoms with Crippen molar-refractivity contribution >= 4 is 27.5 Å². The molecular formula is C19H22FN3O3S. The van der Waals surface area contributed by atoms with E-state index in [2.05, 4.69) is 0 Å². The molecule has 2 aromatic carbocycles. The van der Waals surface area contributed by atoms with Crippen LogP contribution in [0.5, 0.6) is 0 Å². The molecule has 0 saturated heterocycles. The van der Waals surface area contributed by atoms with E-state index in [4.69, 9.17) is 0 Å². The molecule has 3 rings (SSSR count). The van der Waals surface area contributed by atoms with Crippen molar-refractivity contribution in [2.45, 2.75) is 19.4 Å². The highest BCUT2D eigenvalue weighted by Crippen LogP contribution is 2.32. The number of halogens is 1. The van der Waals surface area contributed by atoms with Crippen LogP contribution in [0, 0.1) is 5.82 Å². The zero-order valence-electron chi connectivity index (χ0n) is 15.5. The van der Waals surface area contributed by atoms with E-state index in [0.717, 1.165) is 26.3 Å². The van der Waals surface area contributed by atoms with Gasteiger partial charge in [-0.15, -0.1) is 0 Å². The van der Waals surface area contributed by atoms with Crippen molar-refractivity contribution in [2.24, 2.45) is 0 Å². The van der Waals surface area contributed by atoms with Gasteiger partial charge in [0, 0.05) is 25.8 Å². The molecule has 144 valence electrons. The first-order valence-corrected chi connectivity index (χ1v) is 9.97. The Kier molecular flexibility index (Phi) is 5.21. The van der Waals surface area contributed by atoms with Gasteiger partial charge in [0.1, 0.15) is 12.4 Å². The molecule has 6 nitrogen and oxygen atoms in total. The first-order valence-electron chi connectivity index (χ1n) is 8.57. The van der Waals surface area contributed by atoms with E-state index in [9.17, 15) is 17.6 Å². The second-order valence-corrected chi connectivity index (χ2v) is 8.79. The van der Waals surface area contributed by atoms with E-state index >= 15 is 0 Å². The van der Waals surface area contributed by atoms with Crippen molar-refractivity contribution < 1.29 is 17.6 Å². The number of nitrogens with zero attached hydrogens (tertiary/aromatic N) is 3. The fraction of sp³-hybridized carbons (Fsp3) is 0.316. The topological polar surface area (TPSA) is 60.9 Å². The molecule has 1 heterocycles. The summed E-state index contributed by atoms with van der Waals surface area (Å²) in [6, 6.07) is 12.6. The number of carbonyl (C=O) groups is 1. The number of amides is 1. The van der Waals surface area contributed by atoms with Crippen LogP contribution in [0.4, 0.5) is 15.8 Å². The standard InChI is InChI=1S/C19H22FN3O3S/c1-14-12-15-6-4-5-7-18(15)23(14)19(24)13-22(27(25,26)21(2)3)17-10-8-16(20)9-11-17/h4-11,14H,12-13H2,1-3H3/t14-/m0/s1. The Balaban J connectivity index is 1.95. The second kappa shape index (κ2) is 7.28. The van der Waals surface area contributed by atoms with Crippen molar-refractivity contribution in [3.8, 4) is 0 Å². The maximum absolute atomic E-state index is 13.3. The summed E-state index contributed by atoms with van der Waals surface area (Å²) in [6.07, 6.45) is 0.721. The normalized spacial score (nSPS) is 16.5. The highest BCUT2D eigenvalue weighted by atomic mass is 32.2. The molecule has 1 aliphatic heterocycles. The van der Waals surface area contributed by atoms with Crippen molar-refractivity contribution in [2.75, 3.05) is 29.8 Å². The van der Waals surface area contributed by atoms with Gasteiger partial charge in [0.05, 0.1) is 5.69 Å². The summed E-state index contributed by atoms with van der Waals surface area (Å²) in [5, 5.41) is 0. The SMILES string of the molecule is C[C@H]1Cc2ccccc2N1C(=O)CN(c1ccc(F)cc1)S(=O)(=O)N(C)C. The number of benzene rings is 2.